The molecule has 3 aliphatic rings. The van der Waals surface area contributed by atoms with Crippen LogP contribution in [-0.4, -0.2) is 36.0 Å². The first-order valence-corrected chi connectivity index (χ1v) is 14.4. The smallest absolute Gasteiger partial charge is 0.0680 e. The van der Waals surface area contributed by atoms with Gasteiger partial charge in [-0.2, -0.15) is 30.3 Å². The van der Waals surface area contributed by atoms with Crippen molar-refractivity contribution >= 4 is 7.92 Å². The zero-order chi connectivity index (χ0) is 20.3. The van der Waals surface area contributed by atoms with Crippen LogP contribution in [0.3, 0.4) is 0 Å². The van der Waals surface area contributed by atoms with Crippen molar-refractivity contribution in [1.29, 1.82) is 0 Å². The van der Waals surface area contributed by atoms with Gasteiger partial charge in [-0.1, -0.05) is 19.3 Å². The first-order valence-electron chi connectivity index (χ1n) is 12.7. The summed E-state index contributed by atoms with van der Waals surface area (Å²) in [6.45, 7) is 0.973. The molecule has 0 atom stereocenters. The molecule has 3 saturated carbocycles. The van der Waals surface area contributed by atoms with Crippen molar-refractivity contribution < 1.29 is 20.4 Å². The summed E-state index contributed by atoms with van der Waals surface area (Å²) < 4.78 is 0. The maximum Gasteiger partial charge on any atom is 0.0680 e. The van der Waals surface area contributed by atoms with Gasteiger partial charge in [-0.15, -0.1) is 5.56 Å². The van der Waals surface area contributed by atoms with Gasteiger partial charge in [-0.25, -0.2) is 0 Å². The molecule has 0 aliphatic heterocycles. The minimum atomic E-state index is -0.0465. The van der Waals surface area contributed by atoms with E-state index < -0.39 is 0 Å². The van der Waals surface area contributed by atoms with E-state index in [4.69, 9.17) is 0 Å². The van der Waals surface area contributed by atoms with Gasteiger partial charge in [0.15, 0.2) is 0 Å². The zero-order valence-corrected chi connectivity index (χ0v) is 23.2. The molecular weight excluding hydrogens is 488 g/mol. The predicted molar refractivity (Wildman–Crippen MR) is 138 cm³/mol. The van der Waals surface area contributed by atoms with Gasteiger partial charge in [0.25, 0.3) is 0 Å². The molecule has 0 heterocycles. The van der Waals surface area contributed by atoms with E-state index in [1.54, 1.807) is 96.3 Å². The normalized spacial score (nSPS) is 21.0. The van der Waals surface area contributed by atoms with Crippen LogP contribution in [0.15, 0.2) is 24.3 Å². The Balaban J connectivity index is 0.000000345. The largest absolute Gasteiger partial charge is 0.358 e. The molecule has 0 spiro atoms. The fourth-order valence-electron chi connectivity index (χ4n) is 6.18. The van der Waals surface area contributed by atoms with E-state index in [9.17, 15) is 0 Å². The van der Waals surface area contributed by atoms with Crippen LogP contribution in [-0.2, 0) is 27.0 Å². The van der Waals surface area contributed by atoms with Gasteiger partial charge >= 0.3 is 0 Å². The van der Waals surface area contributed by atoms with E-state index in [-0.39, 0.29) is 35.8 Å². The van der Waals surface area contributed by atoms with Crippen LogP contribution in [0.25, 0.3) is 0 Å². The molecule has 1 aromatic carbocycles. The van der Waals surface area contributed by atoms with E-state index in [0.29, 0.717) is 0 Å². The summed E-state index contributed by atoms with van der Waals surface area (Å²) in [4.78, 5) is 2.13. The quantitative estimate of drug-likeness (QED) is 0.208. The van der Waals surface area contributed by atoms with Crippen molar-refractivity contribution in [1.82, 2.24) is 4.90 Å². The van der Waals surface area contributed by atoms with Gasteiger partial charge in [0, 0.05) is 34.9 Å². The number of hydrogen-bond donors (Lipinski definition) is 0. The summed E-state index contributed by atoms with van der Waals surface area (Å²) in [6, 6.07) is 11.2. The van der Waals surface area contributed by atoms with Crippen LogP contribution in [0.5, 0.6) is 0 Å². The minimum absolute atomic E-state index is 0. The molecule has 4 rings (SSSR count). The summed E-state index contributed by atoms with van der Waals surface area (Å²) in [6.07, 6.45) is 23.8. The Morgan fingerprint density at radius 2 is 1.16 bits per heavy atom. The van der Waals surface area contributed by atoms with Crippen molar-refractivity contribution in [2.24, 2.45) is 0 Å². The third kappa shape index (κ3) is 10.4. The summed E-state index contributed by atoms with van der Waals surface area (Å²) >= 11 is 0. The molecule has 3 aliphatic carbocycles. The molecular formula is C28H49NPPd-. The fourth-order valence-corrected chi connectivity index (χ4v) is 11.4. The maximum absolute atomic E-state index is 3.16. The average Bonchev–Trinajstić information content (AvgIpc) is 2.77. The van der Waals surface area contributed by atoms with Crippen LogP contribution < -0.4 is 0 Å². The first kappa shape index (κ1) is 29.3. The monoisotopic (exact) mass is 536 g/mol. The molecule has 3 heteroatoms. The molecule has 0 saturated heterocycles. The number of rotatable bonds is 5. The Labute approximate surface area is 209 Å². The van der Waals surface area contributed by atoms with E-state index in [1.807, 2.05) is 18.2 Å². The first-order chi connectivity index (χ1) is 14.2. The molecule has 0 amide bonds. The zero-order valence-electron chi connectivity index (χ0n) is 20.6. The summed E-state index contributed by atoms with van der Waals surface area (Å²) in [5, 5.41) is 0. The van der Waals surface area contributed by atoms with E-state index >= 15 is 0 Å². The average molecular weight is 537 g/mol. The van der Waals surface area contributed by atoms with Crippen LogP contribution in [0.1, 0.15) is 102 Å². The molecule has 0 radical (unpaired) electrons. The second-order valence-electron chi connectivity index (χ2n) is 10.1. The Morgan fingerprint density at radius 1 is 0.742 bits per heavy atom. The van der Waals surface area contributed by atoms with Crippen molar-refractivity contribution in [3.63, 3.8) is 0 Å². The van der Waals surface area contributed by atoms with Crippen LogP contribution in [0.2, 0.25) is 0 Å². The molecule has 3 fully saturated rings. The van der Waals surface area contributed by atoms with Gasteiger partial charge in [0.05, 0.1) is 17.0 Å². The van der Waals surface area contributed by atoms with Crippen molar-refractivity contribution in [3.8, 4) is 0 Å². The second-order valence-corrected chi connectivity index (χ2v) is 13.6. The van der Waals surface area contributed by atoms with E-state index in [2.05, 4.69) is 31.1 Å². The maximum atomic E-state index is 3.16. The SMILES string of the molecule is C1CCC([PH+](C2CCCCC2)C2CCCCC2)CC1.CN(C)Cc1[c-]cccc1.[CH3-].[Pd]. The van der Waals surface area contributed by atoms with E-state index in [1.165, 1.54) is 22.5 Å². The molecule has 1 nitrogen and oxygen atoms in total. The van der Waals surface area contributed by atoms with Crippen molar-refractivity contribution in [2.45, 2.75) is 120 Å². The Bertz CT molecular complexity index is 488. The predicted octanol–water partition coefficient (Wildman–Crippen LogP) is 8.19. The molecule has 1 aromatic rings. The Morgan fingerprint density at radius 3 is 1.48 bits per heavy atom. The Kier molecular flexibility index (Phi) is 15.9. The topological polar surface area (TPSA) is 3.24 Å². The molecule has 0 unspecified atom stereocenters. The summed E-state index contributed by atoms with van der Waals surface area (Å²) in [5.74, 6) is 0. The van der Waals surface area contributed by atoms with Crippen molar-refractivity contribution in [3.05, 3.63) is 43.3 Å². The van der Waals surface area contributed by atoms with Crippen LogP contribution >= 0.6 is 7.92 Å². The number of benzene rings is 1. The van der Waals surface area contributed by atoms with Gasteiger partial charge in [0.1, 0.15) is 0 Å². The van der Waals surface area contributed by atoms with Gasteiger partial charge in [-0.3, -0.25) is 0 Å². The second kappa shape index (κ2) is 16.8. The third-order valence-electron chi connectivity index (χ3n) is 7.49. The standard InChI is InChI=1S/C18H33P.C9H12N.CH3.Pd/c1-4-10-16(11-5-1)19(17-12-6-2-7-13-17)18-14-8-3-9-15-18;1-10(2)8-9-6-4-3-5-7-9;;/h16-18H,1-15H2;3-6H,8H2,1-2H3;1H3;/q;2*-1;/p+1. The van der Waals surface area contributed by atoms with Crippen LogP contribution in [0, 0.1) is 13.5 Å². The molecule has 0 aromatic heterocycles. The van der Waals surface area contributed by atoms with E-state index in [0.717, 1.165) is 6.54 Å². The number of nitrogens with zero attached hydrogens (tertiary/aromatic N) is 1. The van der Waals surface area contributed by atoms with Gasteiger partial charge in [-0.05, 0) is 91.1 Å². The van der Waals surface area contributed by atoms with Crippen LogP contribution in [0.4, 0.5) is 0 Å². The third-order valence-corrected chi connectivity index (χ3v) is 12.1. The number of hydrogen-bond acceptors (Lipinski definition) is 1. The van der Waals surface area contributed by atoms with Gasteiger partial charge < -0.3 is 12.3 Å². The fraction of sp³-hybridized carbons (Fsp3) is 0.750. The molecule has 182 valence electrons. The summed E-state index contributed by atoms with van der Waals surface area (Å²) in [7, 11) is 4.07. The molecule has 31 heavy (non-hydrogen) atoms. The molecule has 0 N–H and O–H groups in total. The van der Waals surface area contributed by atoms with Crippen molar-refractivity contribution in [2.75, 3.05) is 14.1 Å². The minimum Gasteiger partial charge on any atom is -0.358 e. The summed E-state index contributed by atoms with van der Waals surface area (Å²) in [5.41, 5.74) is 4.92. The van der Waals surface area contributed by atoms with Gasteiger partial charge in [0.2, 0.25) is 0 Å². The Hall–Kier alpha value is 0.272. The molecule has 0 bridgehead atoms.